The van der Waals surface area contributed by atoms with Crippen molar-refractivity contribution in [3.05, 3.63) is 0 Å². The van der Waals surface area contributed by atoms with Gasteiger partial charge in [-0.3, -0.25) is 0 Å². The van der Waals surface area contributed by atoms with Gasteiger partial charge in [0.2, 0.25) is 0 Å². The highest BCUT2D eigenvalue weighted by molar-refractivity contribution is 5.78. The van der Waals surface area contributed by atoms with Crippen LogP contribution in [0.15, 0.2) is 0 Å². The van der Waals surface area contributed by atoms with Crippen molar-refractivity contribution >= 4 is 5.97 Å². The first-order valence-electron chi connectivity index (χ1n) is 6.01. The summed E-state index contributed by atoms with van der Waals surface area (Å²) in [7, 11) is 1.29. The van der Waals surface area contributed by atoms with Crippen LogP contribution in [0.4, 0.5) is 0 Å². The highest BCUT2D eigenvalue weighted by Gasteiger charge is 2.33. The first-order chi connectivity index (χ1) is 7.47. The zero-order chi connectivity index (χ0) is 12.2. The summed E-state index contributed by atoms with van der Waals surface area (Å²) in [6, 6.07) is 0.407. The number of ether oxygens (including phenoxy) is 1. The van der Waals surface area contributed by atoms with Gasteiger partial charge in [-0.15, -0.1) is 0 Å². The van der Waals surface area contributed by atoms with E-state index in [-0.39, 0.29) is 6.54 Å². The molecule has 0 aromatic heterocycles. The molecule has 3 atom stereocenters. The maximum atomic E-state index is 11.3. The monoisotopic (exact) mass is 229 g/mol. The van der Waals surface area contributed by atoms with Gasteiger partial charge in [-0.2, -0.15) is 0 Å². The summed E-state index contributed by atoms with van der Waals surface area (Å²) in [5.74, 6) is 0.0330. The number of rotatable bonds is 4. The third kappa shape index (κ3) is 3.46. The quantitative estimate of drug-likeness (QED) is 0.708. The molecule has 1 rings (SSSR count). The maximum absolute atomic E-state index is 11.3. The number of hydrogen-bond donors (Lipinski definition) is 2. The largest absolute Gasteiger partial charge is 0.467 e. The molecule has 0 aromatic carbocycles. The number of carbonyl (C=O) groups excluding carboxylic acids is 1. The van der Waals surface area contributed by atoms with Crippen LogP contribution in [-0.4, -0.2) is 36.4 Å². The summed E-state index contributed by atoms with van der Waals surface area (Å²) in [6.45, 7) is 3.96. The summed E-state index contributed by atoms with van der Waals surface area (Å²) >= 11 is 0. The zero-order valence-corrected chi connectivity index (χ0v) is 10.5. The van der Waals surface area contributed by atoms with Crippen molar-refractivity contribution in [2.75, 3.05) is 13.7 Å². The summed E-state index contributed by atoms with van der Waals surface area (Å²) in [5.41, 5.74) is -1.42. The standard InChI is InChI=1S/C12H23NO3/c1-9-6-4-5-7-10(9)13-8-12(2,15)11(14)16-3/h9-10,13,15H,4-8H2,1-3H3. The van der Waals surface area contributed by atoms with Crippen LogP contribution in [-0.2, 0) is 9.53 Å². The van der Waals surface area contributed by atoms with Crippen LogP contribution in [0.2, 0.25) is 0 Å². The van der Waals surface area contributed by atoms with Gasteiger partial charge in [-0.1, -0.05) is 19.8 Å². The molecule has 1 saturated carbocycles. The normalized spacial score (nSPS) is 29.5. The third-order valence-corrected chi connectivity index (χ3v) is 3.45. The molecule has 0 amide bonds. The number of aliphatic hydroxyl groups is 1. The molecule has 1 aliphatic rings. The average molecular weight is 229 g/mol. The molecule has 0 radical (unpaired) electrons. The molecule has 1 aliphatic carbocycles. The highest BCUT2D eigenvalue weighted by atomic mass is 16.5. The topological polar surface area (TPSA) is 58.6 Å². The number of esters is 1. The van der Waals surface area contributed by atoms with Crippen LogP contribution in [0.3, 0.4) is 0 Å². The van der Waals surface area contributed by atoms with Crippen molar-refractivity contribution in [1.82, 2.24) is 5.32 Å². The van der Waals surface area contributed by atoms with Gasteiger partial charge >= 0.3 is 5.97 Å². The Morgan fingerprint density at radius 3 is 2.69 bits per heavy atom. The molecule has 4 nitrogen and oxygen atoms in total. The van der Waals surface area contributed by atoms with Crippen molar-refractivity contribution in [1.29, 1.82) is 0 Å². The molecule has 0 heterocycles. The minimum atomic E-state index is -1.42. The predicted molar refractivity (Wildman–Crippen MR) is 62.1 cm³/mol. The van der Waals surface area contributed by atoms with E-state index in [0.717, 1.165) is 6.42 Å². The zero-order valence-electron chi connectivity index (χ0n) is 10.5. The van der Waals surface area contributed by atoms with E-state index in [4.69, 9.17) is 0 Å². The molecule has 0 aliphatic heterocycles. The first kappa shape index (κ1) is 13.5. The summed E-state index contributed by atoms with van der Waals surface area (Å²) < 4.78 is 4.55. The Morgan fingerprint density at radius 1 is 1.50 bits per heavy atom. The Morgan fingerprint density at radius 2 is 2.12 bits per heavy atom. The molecule has 0 bridgehead atoms. The van der Waals surface area contributed by atoms with Crippen LogP contribution >= 0.6 is 0 Å². The minimum absolute atomic E-state index is 0.259. The molecular weight excluding hydrogens is 206 g/mol. The smallest absolute Gasteiger partial charge is 0.338 e. The Kier molecular flexibility index (Phi) is 4.74. The number of hydrogen-bond acceptors (Lipinski definition) is 4. The molecule has 0 saturated heterocycles. The van der Waals surface area contributed by atoms with E-state index >= 15 is 0 Å². The van der Waals surface area contributed by atoms with Crippen molar-refractivity contribution in [3.8, 4) is 0 Å². The van der Waals surface area contributed by atoms with Gasteiger partial charge in [-0.05, 0) is 25.7 Å². The molecule has 2 N–H and O–H groups in total. The van der Waals surface area contributed by atoms with E-state index in [1.807, 2.05) is 0 Å². The fourth-order valence-electron chi connectivity index (χ4n) is 2.24. The van der Waals surface area contributed by atoms with Crippen LogP contribution in [0.5, 0.6) is 0 Å². The van der Waals surface area contributed by atoms with E-state index in [1.165, 1.54) is 33.3 Å². The molecule has 0 spiro atoms. The van der Waals surface area contributed by atoms with Crippen LogP contribution < -0.4 is 5.32 Å². The van der Waals surface area contributed by atoms with E-state index < -0.39 is 11.6 Å². The Bertz CT molecular complexity index is 240. The Hall–Kier alpha value is -0.610. The van der Waals surface area contributed by atoms with Gasteiger partial charge in [0, 0.05) is 12.6 Å². The molecular formula is C12H23NO3. The van der Waals surface area contributed by atoms with Gasteiger partial charge in [-0.25, -0.2) is 4.79 Å². The summed E-state index contributed by atoms with van der Waals surface area (Å²) in [6.07, 6.45) is 4.85. The lowest BCUT2D eigenvalue weighted by molar-refractivity contribution is -0.160. The molecule has 16 heavy (non-hydrogen) atoms. The highest BCUT2D eigenvalue weighted by Crippen LogP contribution is 2.24. The van der Waals surface area contributed by atoms with Gasteiger partial charge in [0.25, 0.3) is 0 Å². The number of nitrogens with one attached hydrogen (secondary N) is 1. The van der Waals surface area contributed by atoms with Gasteiger partial charge in [0.1, 0.15) is 0 Å². The van der Waals surface area contributed by atoms with E-state index in [1.54, 1.807) is 0 Å². The SMILES string of the molecule is COC(=O)C(C)(O)CNC1CCCCC1C. The van der Waals surface area contributed by atoms with Crippen molar-refractivity contribution < 1.29 is 14.6 Å². The van der Waals surface area contributed by atoms with Crippen LogP contribution in [0, 0.1) is 5.92 Å². The lowest BCUT2D eigenvalue weighted by Gasteiger charge is -2.32. The van der Waals surface area contributed by atoms with E-state index in [2.05, 4.69) is 17.0 Å². The first-order valence-corrected chi connectivity index (χ1v) is 6.01. The van der Waals surface area contributed by atoms with Gasteiger partial charge in [0.15, 0.2) is 5.60 Å². The Balaban J connectivity index is 2.40. The molecule has 0 aromatic rings. The molecule has 1 fully saturated rings. The summed E-state index contributed by atoms with van der Waals surface area (Å²) in [5, 5.41) is 13.1. The maximum Gasteiger partial charge on any atom is 0.338 e. The van der Waals surface area contributed by atoms with Gasteiger partial charge in [0.05, 0.1) is 7.11 Å². The second-order valence-electron chi connectivity index (χ2n) is 5.01. The fraction of sp³-hybridized carbons (Fsp3) is 0.917. The fourth-order valence-corrected chi connectivity index (χ4v) is 2.24. The minimum Gasteiger partial charge on any atom is -0.467 e. The van der Waals surface area contributed by atoms with Crippen molar-refractivity contribution in [2.24, 2.45) is 5.92 Å². The van der Waals surface area contributed by atoms with Crippen molar-refractivity contribution in [2.45, 2.75) is 51.2 Å². The molecule has 94 valence electrons. The van der Waals surface area contributed by atoms with Crippen molar-refractivity contribution in [3.63, 3.8) is 0 Å². The lowest BCUT2D eigenvalue weighted by atomic mass is 9.85. The number of methoxy groups -OCH3 is 1. The second kappa shape index (κ2) is 5.64. The van der Waals surface area contributed by atoms with Crippen LogP contribution in [0.25, 0.3) is 0 Å². The molecule has 4 heteroatoms. The third-order valence-electron chi connectivity index (χ3n) is 3.45. The average Bonchev–Trinajstić information content (AvgIpc) is 2.27. The Labute approximate surface area is 97.4 Å². The van der Waals surface area contributed by atoms with E-state index in [9.17, 15) is 9.90 Å². The van der Waals surface area contributed by atoms with Crippen LogP contribution in [0.1, 0.15) is 39.5 Å². The van der Waals surface area contributed by atoms with Gasteiger partial charge < -0.3 is 15.2 Å². The lowest BCUT2D eigenvalue weighted by Crippen LogP contribution is -2.50. The predicted octanol–water partition coefficient (Wildman–Crippen LogP) is 1.08. The van der Waals surface area contributed by atoms with E-state index in [0.29, 0.717) is 12.0 Å². The number of carbonyl (C=O) groups is 1. The molecule has 3 unspecified atom stereocenters. The second-order valence-corrected chi connectivity index (χ2v) is 5.01. The summed E-state index contributed by atoms with van der Waals surface area (Å²) in [4.78, 5) is 11.3.